The first-order valence-corrected chi connectivity index (χ1v) is 9.00. The lowest BCUT2D eigenvalue weighted by Gasteiger charge is -2.13. The lowest BCUT2D eigenvalue weighted by molar-refractivity contribution is -0.145. The molecule has 2 N–H and O–H groups in total. The second-order valence-electron chi connectivity index (χ2n) is 6.59. The molecule has 134 valence electrons. The van der Waals surface area contributed by atoms with E-state index in [0.717, 1.165) is 12.8 Å². The van der Waals surface area contributed by atoms with Gasteiger partial charge in [0.2, 0.25) is 0 Å². The number of ether oxygens (including phenoxy) is 1. The summed E-state index contributed by atoms with van der Waals surface area (Å²) in [6.45, 7) is 6.91. The van der Waals surface area contributed by atoms with Gasteiger partial charge in [-0.2, -0.15) is 0 Å². The van der Waals surface area contributed by atoms with Gasteiger partial charge < -0.3 is 10.5 Å². The molecule has 0 rings (SSSR count). The van der Waals surface area contributed by atoms with Gasteiger partial charge in [0.25, 0.3) is 0 Å². The third kappa shape index (κ3) is 16.1. The number of hydrogen-bond donors (Lipinski definition) is 1. The molecule has 1 unspecified atom stereocenters. The van der Waals surface area contributed by atoms with Gasteiger partial charge >= 0.3 is 5.97 Å². The minimum Gasteiger partial charge on any atom is -0.465 e. The Bertz CT molecular complexity index is 247. The average molecular weight is 336 g/mol. The van der Waals surface area contributed by atoms with E-state index in [0.29, 0.717) is 18.9 Å². The number of esters is 1. The van der Waals surface area contributed by atoms with Crippen molar-refractivity contribution in [1.82, 2.24) is 0 Å². The second kappa shape index (κ2) is 17.1. The van der Waals surface area contributed by atoms with Crippen LogP contribution in [0.2, 0.25) is 0 Å². The van der Waals surface area contributed by atoms with Crippen molar-refractivity contribution < 1.29 is 9.53 Å². The maximum atomic E-state index is 11.6. The fourth-order valence-corrected chi connectivity index (χ4v) is 2.47. The molecule has 0 aromatic heterocycles. The molecule has 0 bridgehead atoms. The van der Waals surface area contributed by atoms with Crippen LogP contribution < -0.4 is 5.73 Å². The molecule has 0 aliphatic carbocycles. The highest BCUT2D eigenvalue weighted by molar-refractivity contribution is 5.85. The van der Waals surface area contributed by atoms with E-state index >= 15 is 0 Å². The highest BCUT2D eigenvalue weighted by Gasteiger charge is 2.15. The molecule has 0 fully saturated rings. The Morgan fingerprint density at radius 3 is 1.82 bits per heavy atom. The lowest BCUT2D eigenvalue weighted by atomic mass is 10.0. The molecule has 0 aliphatic heterocycles. The molecule has 0 aromatic carbocycles. The molecular formula is C18H38ClNO2. The summed E-state index contributed by atoms with van der Waals surface area (Å²) in [4.78, 5) is 11.6. The summed E-state index contributed by atoms with van der Waals surface area (Å²) >= 11 is 0. The first-order chi connectivity index (χ1) is 10.1. The van der Waals surface area contributed by atoms with Crippen LogP contribution in [-0.2, 0) is 9.53 Å². The topological polar surface area (TPSA) is 52.3 Å². The van der Waals surface area contributed by atoms with Gasteiger partial charge in [0, 0.05) is 0 Å². The summed E-state index contributed by atoms with van der Waals surface area (Å²) in [6, 6.07) is -0.451. The predicted octanol–water partition coefficient (Wildman–Crippen LogP) is 5.25. The first kappa shape index (κ1) is 24.0. The zero-order chi connectivity index (χ0) is 15.9. The fraction of sp³-hybridized carbons (Fsp3) is 0.944. The highest BCUT2D eigenvalue weighted by atomic mass is 35.5. The summed E-state index contributed by atoms with van der Waals surface area (Å²) in [5, 5.41) is 0. The van der Waals surface area contributed by atoms with Crippen molar-refractivity contribution in [1.29, 1.82) is 0 Å². The van der Waals surface area contributed by atoms with Gasteiger partial charge in [0.05, 0.1) is 6.61 Å². The number of nitrogens with two attached hydrogens (primary N) is 1. The van der Waals surface area contributed by atoms with Crippen LogP contribution in [0.1, 0.15) is 91.4 Å². The molecule has 1 atom stereocenters. The first-order valence-electron chi connectivity index (χ1n) is 9.00. The molecule has 0 saturated heterocycles. The molecule has 22 heavy (non-hydrogen) atoms. The zero-order valence-corrected chi connectivity index (χ0v) is 15.8. The molecule has 0 spiro atoms. The van der Waals surface area contributed by atoms with E-state index < -0.39 is 6.04 Å². The van der Waals surface area contributed by atoms with Crippen molar-refractivity contribution in [3.05, 3.63) is 0 Å². The Labute approximate surface area is 144 Å². The molecule has 0 aromatic rings. The summed E-state index contributed by atoms with van der Waals surface area (Å²) in [5.74, 6) is 0.199. The van der Waals surface area contributed by atoms with Gasteiger partial charge in [-0.25, -0.2) is 0 Å². The van der Waals surface area contributed by atoms with Crippen LogP contribution in [0.25, 0.3) is 0 Å². The monoisotopic (exact) mass is 335 g/mol. The van der Waals surface area contributed by atoms with Crippen molar-refractivity contribution in [2.45, 2.75) is 97.4 Å². The maximum Gasteiger partial charge on any atom is 0.322 e. The van der Waals surface area contributed by atoms with Crippen LogP contribution in [0.3, 0.4) is 0 Å². The molecule has 4 heteroatoms. The second-order valence-corrected chi connectivity index (χ2v) is 6.59. The minimum absolute atomic E-state index is 0. The van der Waals surface area contributed by atoms with E-state index in [1.165, 1.54) is 51.4 Å². The van der Waals surface area contributed by atoms with Crippen LogP contribution in [0.15, 0.2) is 0 Å². The predicted molar refractivity (Wildman–Crippen MR) is 97.5 cm³/mol. The minimum atomic E-state index is -0.451. The quantitative estimate of drug-likeness (QED) is 0.348. The summed E-state index contributed by atoms with van der Waals surface area (Å²) in [7, 11) is 0. The van der Waals surface area contributed by atoms with Crippen LogP contribution in [0.4, 0.5) is 0 Å². The van der Waals surface area contributed by atoms with Gasteiger partial charge in [-0.1, -0.05) is 78.6 Å². The Morgan fingerprint density at radius 1 is 0.909 bits per heavy atom. The zero-order valence-electron chi connectivity index (χ0n) is 14.9. The summed E-state index contributed by atoms with van der Waals surface area (Å²) in [6.07, 6.45) is 13.6. The van der Waals surface area contributed by atoms with Crippen molar-refractivity contribution in [3.63, 3.8) is 0 Å². The smallest absolute Gasteiger partial charge is 0.322 e. The van der Waals surface area contributed by atoms with Crippen LogP contribution >= 0.6 is 12.4 Å². The normalized spacial score (nSPS) is 12.0. The number of carbonyl (C=O) groups is 1. The van der Waals surface area contributed by atoms with Crippen molar-refractivity contribution in [2.75, 3.05) is 6.61 Å². The van der Waals surface area contributed by atoms with Gasteiger partial charge in [-0.15, -0.1) is 12.4 Å². The molecule has 0 amide bonds. The molecule has 0 heterocycles. The van der Waals surface area contributed by atoms with Crippen LogP contribution in [-0.4, -0.2) is 18.6 Å². The van der Waals surface area contributed by atoms with Gasteiger partial charge in [-0.3, -0.25) is 4.79 Å². The molecule has 0 saturated carbocycles. The Kier molecular flexibility index (Phi) is 18.6. The summed E-state index contributed by atoms with van der Waals surface area (Å²) < 4.78 is 5.21. The average Bonchev–Trinajstić information content (AvgIpc) is 2.43. The standard InChI is InChI=1S/C18H37NO2.ClH/c1-4-5-6-7-8-9-10-11-12-13-14-21-18(20)17(19)15-16(2)3;/h16-17H,4-15,19H2,1-3H3;1H. The van der Waals surface area contributed by atoms with E-state index in [2.05, 4.69) is 20.8 Å². The Hall–Kier alpha value is -0.280. The van der Waals surface area contributed by atoms with E-state index in [9.17, 15) is 4.79 Å². The third-order valence-electron chi connectivity index (χ3n) is 3.77. The van der Waals surface area contributed by atoms with Crippen molar-refractivity contribution >= 4 is 18.4 Å². The van der Waals surface area contributed by atoms with Crippen LogP contribution in [0, 0.1) is 5.92 Å². The van der Waals surface area contributed by atoms with Crippen molar-refractivity contribution in [3.8, 4) is 0 Å². The number of carbonyl (C=O) groups excluding carboxylic acids is 1. The number of unbranched alkanes of at least 4 members (excludes halogenated alkanes) is 9. The van der Waals surface area contributed by atoms with Gasteiger partial charge in [0.15, 0.2) is 0 Å². The third-order valence-corrected chi connectivity index (χ3v) is 3.77. The lowest BCUT2D eigenvalue weighted by Crippen LogP contribution is -2.33. The number of rotatable bonds is 14. The van der Waals surface area contributed by atoms with Crippen molar-refractivity contribution in [2.24, 2.45) is 11.7 Å². The summed E-state index contributed by atoms with van der Waals surface area (Å²) in [5.41, 5.74) is 5.77. The largest absolute Gasteiger partial charge is 0.465 e. The van der Waals surface area contributed by atoms with Gasteiger partial charge in [-0.05, 0) is 18.8 Å². The van der Waals surface area contributed by atoms with E-state index in [4.69, 9.17) is 10.5 Å². The number of halogens is 1. The van der Waals surface area contributed by atoms with E-state index in [1.807, 2.05) is 0 Å². The fourth-order valence-electron chi connectivity index (χ4n) is 2.47. The van der Waals surface area contributed by atoms with E-state index in [-0.39, 0.29) is 18.4 Å². The molecular weight excluding hydrogens is 298 g/mol. The SMILES string of the molecule is CCCCCCCCCCCCOC(=O)C(N)CC(C)C.Cl. The molecule has 0 radical (unpaired) electrons. The van der Waals surface area contributed by atoms with E-state index in [1.54, 1.807) is 0 Å². The molecule has 0 aliphatic rings. The molecule has 3 nitrogen and oxygen atoms in total. The Balaban J connectivity index is 0. The van der Waals surface area contributed by atoms with Gasteiger partial charge in [0.1, 0.15) is 6.04 Å². The highest BCUT2D eigenvalue weighted by Crippen LogP contribution is 2.10. The number of hydrogen-bond acceptors (Lipinski definition) is 3. The maximum absolute atomic E-state index is 11.6. The van der Waals surface area contributed by atoms with Crippen LogP contribution in [0.5, 0.6) is 0 Å². The Morgan fingerprint density at radius 2 is 1.36 bits per heavy atom.